The third-order valence-electron chi connectivity index (χ3n) is 4.28. The Hall–Kier alpha value is -1.71. The highest BCUT2D eigenvalue weighted by molar-refractivity contribution is 5.20. The van der Waals surface area contributed by atoms with Gasteiger partial charge in [0.2, 0.25) is 0 Å². The van der Waals surface area contributed by atoms with Gasteiger partial charge in [0.1, 0.15) is 0 Å². The highest BCUT2D eigenvalue weighted by Gasteiger charge is 2.25. The van der Waals surface area contributed by atoms with Crippen LogP contribution in [0.1, 0.15) is 24.2 Å². The normalized spacial score (nSPS) is 23.1. The zero-order chi connectivity index (χ0) is 14.5. The second kappa shape index (κ2) is 6.83. The van der Waals surface area contributed by atoms with Crippen LogP contribution in [0.3, 0.4) is 0 Å². The van der Waals surface area contributed by atoms with E-state index in [1.54, 1.807) is 0 Å². The molecule has 0 radical (unpaired) electrons. The Morgan fingerprint density at radius 2 is 1.95 bits per heavy atom. The molecule has 2 aromatic rings. The number of pyridine rings is 1. The fourth-order valence-electron chi connectivity index (χ4n) is 2.95. The lowest BCUT2D eigenvalue weighted by Crippen LogP contribution is -2.51. The minimum absolute atomic E-state index is 0.436. The largest absolute Gasteiger partial charge is 0.307 e. The van der Waals surface area contributed by atoms with E-state index in [0.717, 1.165) is 26.1 Å². The molecule has 3 heteroatoms. The van der Waals surface area contributed by atoms with Crippen molar-refractivity contribution in [2.45, 2.75) is 25.4 Å². The van der Waals surface area contributed by atoms with Gasteiger partial charge in [-0.2, -0.15) is 0 Å². The van der Waals surface area contributed by atoms with Crippen molar-refractivity contribution in [1.29, 1.82) is 0 Å². The van der Waals surface area contributed by atoms with E-state index in [4.69, 9.17) is 0 Å². The molecule has 0 bridgehead atoms. The summed E-state index contributed by atoms with van der Waals surface area (Å²) in [7, 11) is 0. The Kier molecular flexibility index (Phi) is 4.63. The molecule has 1 fully saturated rings. The van der Waals surface area contributed by atoms with Crippen LogP contribution in [-0.4, -0.2) is 35.6 Å². The van der Waals surface area contributed by atoms with Gasteiger partial charge in [-0.3, -0.25) is 9.88 Å². The maximum Gasteiger partial charge on any atom is 0.0449 e. The quantitative estimate of drug-likeness (QED) is 0.934. The summed E-state index contributed by atoms with van der Waals surface area (Å²) in [6.07, 6.45) is 2.90. The van der Waals surface area contributed by atoms with Crippen molar-refractivity contribution in [1.82, 2.24) is 15.2 Å². The van der Waals surface area contributed by atoms with Crippen molar-refractivity contribution < 1.29 is 0 Å². The van der Waals surface area contributed by atoms with Crippen LogP contribution >= 0.6 is 0 Å². The fraction of sp³-hybridized carbons (Fsp3) is 0.389. The highest BCUT2D eigenvalue weighted by atomic mass is 15.2. The van der Waals surface area contributed by atoms with Gasteiger partial charge >= 0.3 is 0 Å². The monoisotopic (exact) mass is 281 g/mol. The van der Waals surface area contributed by atoms with E-state index in [1.165, 1.54) is 11.3 Å². The Morgan fingerprint density at radius 3 is 2.71 bits per heavy atom. The summed E-state index contributed by atoms with van der Waals surface area (Å²) in [5.74, 6) is 0. The molecule has 3 nitrogen and oxygen atoms in total. The molecular weight excluding hydrogens is 258 g/mol. The van der Waals surface area contributed by atoms with Crippen LogP contribution in [0, 0.1) is 0 Å². The lowest BCUT2D eigenvalue weighted by Gasteiger charge is -2.39. The number of benzene rings is 1. The second-order valence-electron chi connectivity index (χ2n) is 5.79. The van der Waals surface area contributed by atoms with Crippen molar-refractivity contribution >= 4 is 0 Å². The molecule has 0 aliphatic carbocycles. The molecule has 1 aromatic heterocycles. The standard InChI is InChI=1S/C18H23N3/c1-15-13-20-18(16-7-3-2-4-8-16)14-21(15)12-10-17-9-5-6-11-19-17/h2-9,11,15,18,20H,10,12-14H2,1H3. The molecule has 0 saturated carbocycles. The molecule has 1 saturated heterocycles. The maximum absolute atomic E-state index is 4.42. The number of nitrogens with zero attached hydrogens (tertiary/aromatic N) is 2. The first-order valence-electron chi connectivity index (χ1n) is 7.75. The SMILES string of the molecule is CC1CNC(c2ccccc2)CN1CCc1ccccn1. The first-order chi connectivity index (χ1) is 10.3. The van der Waals surface area contributed by atoms with E-state index in [2.05, 4.69) is 64.6 Å². The summed E-state index contributed by atoms with van der Waals surface area (Å²) in [6.45, 7) is 5.48. The highest BCUT2D eigenvalue weighted by Crippen LogP contribution is 2.19. The molecule has 1 aliphatic rings. The minimum Gasteiger partial charge on any atom is -0.307 e. The molecule has 1 N–H and O–H groups in total. The number of hydrogen-bond donors (Lipinski definition) is 1. The Balaban J connectivity index is 1.61. The first kappa shape index (κ1) is 14.2. The zero-order valence-corrected chi connectivity index (χ0v) is 12.6. The molecule has 3 rings (SSSR count). The number of aromatic nitrogens is 1. The van der Waals surface area contributed by atoms with Gasteiger partial charge < -0.3 is 5.32 Å². The van der Waals surface area contributed by atoms with E-state index in [-0.39, 0.29) is 0 Å². The average Bonchev–Trinajstić information content (AvgIpc) is 2.56. The fourth-order valence-corrected chi connectivity index (χ4v) is 2.95. The lowest BCUT2D eigenvalue weighted by atomic mass is 10.0. The Morgan fingerprint density at radius 1 is 1.14 bits per heavy atom. The van der Waals surface area contributed by atoms with Gasteiger partial charge in [-0.25, -0.2) is 0 Å². The first-order valence-corrected chi connectivity index (χ1v) is 7.75. The summed E-state index contributed by atoms with van der Waals surface area (Å²) in [6, 6.07) is 17.9. The summed E-state index contributed by atoms with van der Waals surface area (Å²) in [5.41, 5.74) is 2.56. The summed E-state index contributed by atoms with van der Waals surface area (Å²) < 4.78 is 0. The van der Waals surface area contributed by atoms with Crippen molar-refractivity contribution in [3.05, 3.63) is 66.0 Å². The molecule has 0 amide bonds. The smallest absolute Gasteiger partial charge is 0.0449 e. The van der Waals surface area contributed by atoms with Crippen LogP contribution in [0.25, 0.3) is 0 Å². The van der Waals surface area contributed by atoms with Crippen molar-refractivity contribution in [2.24, 2.45) is 0 Å². The van der Waals surface area contributed by atoms with E-state index < -0.39 is 0 Å². The van der Waals surface area contributed by atoms with Gasteiger partial charge in [0, 0.05) is 50.0 Å². The Labute approximate surface area is 127 Å². The summed E-state index contributed by atoms with van der Waals surface area (Å²) >= 11 is 0. The molecular formula is C18H23N3. The Bertz CT molecular complexity index is 541. The van der Waals surface area contributed by atoms with Gasteiger partial charge in [0.25, 0.3) is 0 Å². The predicted octanol–water partition coefficient (Wildman–Crippen LogP) is 2.66. The van der Waals surface area contributed by atoms with Gasteiger partial charge in [0.05, 0.1) is 0 Å². The minimum atomic E-state index is 0.436. The predicted molar refractivity (Wildman–Crippen MR) is 86.2 cm³/mol. The number of hydrogen-bond acceptors (Lipinski definition) is 3. The van der Waals surface area contributed by atoms with Gasteiger partial charge in [-0.15, -0.1) is 0 Å². The van der Waals surface area contributed by atoms with E-state index >= 15 is 0 Å². The maximum atomic E-state index is 4.42. The second-order valence-corrected chi connectivity index (χ2v) is 5.79. The lowest BCUT2D eigenvalue weighted by molar-refractivity contribution is 0.142. The molecule has 2 unspecified atom stereocenters. The molecule has 110 valence electrons. The van der Waals surface area contributed by atoms with Gasteiger partial charge in [-0.1, -0.05) is 36.4 Å². The summed E-state index contributed by atoms with van der Waals surface area (Å²) in [5, 5.41) is 3.66. The average molecular weight is 281 g/mol. The molecule has 1 aromatic carbocycles. The van der Waals surface area contributed by atoms with Gasteiger partial charge in [-0.05, 0) is 24.6 Å². The van der Waals surface area contributed by atoms with E-state index in [9.17, 15) is 0 Å². The molecule has 0 spiro atoms. The van der Waals surface area contributed by atoms with E-state index in [1.807, 2.05) is 12.3 Å². The van der Waals surface area contributed by atoms with E-state index in [0.29, 0.717) is 12.1 Å². The van der Waals surface area contributed by atoms with Gasteiger partial charge in [0.15, 0.2) is 0 Å². The van der Waals surface area contributed by atoms with Crippen LogP contribution in [0.15, 0.2) is 54.7 Å². The topological polar surface area (TPSA) is 28.2 Å². The number of piperazine rings is 1. The van der Waals surface area contributed by atoms with Crippen molar-refractivity contribution in [3.63, 3.8) is 0 Å². The van der Waals surface area contributed by atoms with Crippen molar-refractivity contribution in [2.75, 3.05) is 19.6 Å². The summed E-state index contributed by atoms with van der Waals surface area (Å²) in [4.78, 5) is 7.00. The third-order valence-corrected chi connectivity index (χ3v) is 4.28. The zero-order valence-electron chi connectivity index (χ0n) is 12.6. The van der Waals surface area contributed by atoms with Crippen LogP contribution in [0.2, 0.25) is 0 Å². The third kappa shape index (κ3) is 3.69. The van der Waals surface area contributed by atoms with Crippen LogP contribution in [0.4, 0.5) is 0 Å². The van der Waals surface area contributed by atoms with Crippen LogP contribution < -0.4 is 5.32 Å². The van der Waals surface area contributed by atoms with Crippen LogP contribution in [0.5, 0.6) is 0 Å². The number of nitrogens with one attached hydrogen (secondary N) is 1. The number of rotatable bonds is 4. The molecule has 21 heavy (non-hydrogen) atoms. The molecule has 1 aliphatic heterocycles. The van der Waals surface area contributed by atoms with Crippen LogP contribution in [-0.2, 0) is 6.42 Å². The van der Waals surface area contributed by atoms with Crippen molar-refractivity contribution in [3.8, 4) is 0 Å². The molecule has 2 atom stereocenters. The molecule has 2 heterocycles.